The summed E-state index contributed by atoms with van der Waals surface area (Å²) in [6.07, 6.45) is 1.10. The lowest BCUT2D eigenvalue weighted by Crippen LogP contribution is -2.52. The predicted molar refractivity (Wildman–Crippen MR) is 99.2 cm³/mol. The Balaban J connectivity index is 2.79. The fourth-order valence-corrected chi connectivity index (χ4v) is 2.58. The lowest BCUT2D eigenvalue weighted by atomic mass is 10.0. The number of nitrogens with one attached hydrogen (secondary N) is 2. The van der Waals surface area contributed by atoms with Crippen LogP contribution in [0, 0.1) is 5.92 Å². The second-order valence-corrected chi connectivity index (χ2v) is 6.58. The van der Waals surface area contributed by atoms with Gasteiger partial charge in [-0.05, 0) is 24.3 Å². The van der Waals surface area contributed by atoms with Gasteiger partial charge in [0.1, 0.15) is 6.04 Å². The molecule has 0 aliphatic rings. The monoisotopic (exact) mass is 352 g/mol. The predicted octanol–water partition coefficient (Wildman–Crippen LogP) is 1.82. The third-order valence-electron chi connectivity index (χ3n) is 3.61. The molecule has 134 valence electrons. The Bertz CT molecular complexity index is 508. The number of thiol groups is 1. The van der Waals surface area contributed by atoms with Crippen molar-refractivity contribution in [2.45, 2.75) is 38.8 Å². The van der Waals surface area contributed by atoms with Gasteiger partial charge in [-0.3, -0.25) is 4.79 Å². The minimum Gasteiger partial charge on any atom is -0.467 e. The van der Waals surface area contributed by atoms with Crippen molar-refractivity contribution in [1.29, 1.82) is 0 Å². The molecule has 5 nitrogen and oxygen atoms in total. The topological polar surface area (TPSA) is 67.4 Å². The molecule has 1 amide bonds. The Labute approximate surface area is 150 Å². The quantitative estimate of drug-likeness (QED) is 0.444. The third kappa shape index (κ3) is 7.36. The van der Waals surface area contributed by atoms with Gasteiger partial charge in [0.2, 0.25) is 5.91 Å². The van der Waals surface area contributed by atoms with Crippen molar-refractivity contribution in [3.63, 3.8) is 0 Å². The van der Waals surface area contributed by atoms with Gasteiger partial charge in [-0.15, -0.1) is 0 Å². The van der Waals surface area contributed by atoms with Crippen LogP contribution in [0.1, 0.15) is 25.8 Å². The van der Waals surface area contributed by atoms with Crippen LogP contribution in [-0.4, -0.2) is 43.4 Å². The van der Waals surface area contributed by atoms with Gasteiger partial charge in [0, 0.05) is 12.3 Å². The summed E-state index contributed by atoms with van der Waals surface area (Å²) in [4.78, 5) is 24.6. The molecule has 0 bridgehead atoms. The average Bonchev–Trinajstić information content (AvgIpc) is 2.57. The van der Waals surface area contributed by atoms with Crippen LogP contribution < -0.4 is 10.6 Å². The van der Waals surface area contributed by atoms with Crippen LogP contribution in [0.5, 0.6) is 0 Å². The first-order valence-electron chi connectivity index (χ1n) is 8.24. The van der Waals surface area contributed by atoms with Gasteiger partial charge in [-0.25, -0.2) is 4.79 Å². The summed E-state index contributed by atoms with van der Waals surface area (Å²) in [5, 5.41) is 6.02. The first-order chi connectivity index (χ1) is 11.5. The molecule has 2 atom stereocenters. The van der Waals surface area contributed by atoms with Gasteiger partial charge in [0.15, 0.2) is 0 Å². The van der Waals surface area contributed by atoms with Crippen LogP contribution in [0.25, 0.3) is 0 Å². The molecule has 0 aliphatic heterocycles. The molecule has 1 rings (SSSR count). The Kier molecular flexibility index (Phi) is 9.49. The van der Waals surface area contributed by atoms with E-state index in [9.17, 15) is 9.59 Å². The van der Waals surface area contributed by atoms with Crippen molar-refractivity contribution in [1.82, 2.24) is 10.6 Å². The minimum atomic E-state index is -0.626. The number of carbonyl (C=O) groups is 2. The van der Waals surface area contributed by atoms with Crippen molar-refractivity contribution >= 4 is 24.5 Å². The van der Waals surface area contributed by atoms with Crippen LogP contribution in [0.2, 0.25) is 0 Å². The number of ether oxygens (including phenoxy) is 1. The Hall–Kier alpha value is -1.53. The molecule has 24 heavy (non-hydrogen) atoms. The van der Waals surface area contributed by atoms with E-state index < -0.39 is 18.1 Å². The van der Waals surface area contributed by atoms with E-state index in [1.54, 1.807) is 0 Å². The number of esters is 1. The van der Waals surface area contributed by atoms with E-state index >= 15 is 0 Å². The molecule has 0 heterocycles. The van der Waals surface area contributed by atoms with Crippen LogP contribution in [0.3, 0.4) is 0 Å². The number of benzene rings is 1. The summed E-state index contributed by atoms with van der Waals surface area (Å²) in [6.45, 7) is 4.62. The highest BCUT2D eigenvalue weighted by molar-refractivity contribution is 7.80. The van der Waals surface area contributed by atoms with Crippen LogP contribution >= 0.6 is 12.6 Å². The largest absolute Gasteiger partial charge is 0.467 e. The van der Waals surface area contributed by atoms with Crippen LogP contribution in [-0.2, 0) is 20.7 Å². The normalized spacial score (nSPS) is 13.4. The standard InChI is InChI=1S/C18H28N2O3S/c1-13(2)11-16(18(22)23-3)20-17(21)15(19-9-10-24)12-14-7-5-4-6-8-14/h4-8,13,15-16,19,24H,9-12H2,1-3H3,(H,20,21)/t15-,16-/m0/s1. The molecule has 0 saturated carbocycles. The molecule has 0 aliphatic carbocycles. The number of amides is 1. The molecule has 0 fully saturated rings. The summed E-state index contributed by atoms with van der Waals surface area (Å²) < 4.78 is 4.81. The third-order valence-corrected chi connectivity index (χ3v) is 3.83. The molecule has 6 heteroatoms. The van der Waals surface area contributed by atoms with Crippen molar-refractivity contribution in [2.24, 2.45) is 5.92 Å². The van der Waals surface area contributed by atoms with Gasteiger partial charge >= 0.3 is 5.97 Å². The zero-order chi connectivity index (χ0) is 17.9. The molecule has 0 unspecified atom stereocenters. The number of hydrogen-bond acceptors (Lipinski definition) is 5. The van der Waals surface area contributed by atoms with Crippen LogP contribution in [0.4, 0.5) is 0 Å². The highest BCUT2D eigenvalue weighted by Crippen LogP contribution is 2.08. The number of carbonyl (C=O) groups excluding carboxylic acids is 2. The summed E-state index contributed by atoms with van der Waals surface area (Å²) in [7, 11) is 1.34. The van der Waals surface area contributed by atoms with E-state index in [0.29, 0.717) is 25.1 Å². The van der Waals surface area contributed by atoms with Crippen molar-refractivity contribution < 1.29 is 14.3 Å². The fraction of sp³-hybridized carbons (Fsp3) is 0.556. The first-order valence-corrected chi connectivity index (χ1v) is 8.87. The zero-order valence-corrected chi connectivity index (χ0v) is 15.5. The average molecular weight is 353 g/mol. The van der Waals surface area contributed by atoms with E-state index in [1.165, 1.54) is 7.11 Å². The summed E-state index contributed by atoms with van der Waals surface area (Å²) in [5.74, 6) is 0.291. The molecular weight excluding hydrogens is 324 g/mol. The van der Waals surface area contributed by atoms with E-state index in [0.717, 1.165) is 5.56 Å². The second kappa shape index (κ2) is 11.1. The first kappa shape index (κ1) is 20.5. The smallest absolute Gasteiger partial charge is 0.328 e. The van der Waals surface area contributed by atoms with Gasteiger partial charge in [0.05, 0.1) is 13.2 Å². The summed E-state index contributed by atoms with van der Waals surface area (Å²) in [6, 6.07) is 8.74. The molecule has 0 saturated heterocycles. The maximum absolute atomic E-state index is 12.7. The zero-order valence-electron chi connectivity index (χ0n) is 14.6. The van der Waals surface area contributed by atoms with Gasteiger partial charge in [0.25, 0.3) is 0 Å². The molecule has 0 aromatic heterocycles. The van der Waals surface area contributed by atoms with Gasteiger partial charge in [-0.1, -0.05) is 44.2 Å². The fourth-order valence-electron chi connectivity index (χ4n) is 2.45. The lowest BCUT2D eigenvalue weighted by Gasteiger charge is -2.23. The Morgan fingerprint density at radius 2 is 1.83 bits per heavy atom. The summed E-state index contributed by atoms with van der Waals surface area (Å²) >= 11 is 4.18. The van der Waals surface area contributed by atoms with E-state index in [-0.39, 0.29) is 11.8 Å². The molecule has 1 aromatic carbocycles. The Morgan fingerprint density at radius 1 is 1.17 bits per heavy atom. The lowest BCUT2D eigenvalue weighted by molar-refractivity contribution is -0.145. The number of methoxy groups -OCH3 is 1. The van der Waals surface area contributed by atoms with Crippen molar-refractivity contribution in [3.05, 3.63) is 35.9 Å². The number of hydrogen-bond donors (Lipinski definition) is 3. The molecule has 0 radical (unpaired) electrons. The maximum atomic E-state index is 12.7. The highest BCUT2D eigenvalue weighted by atomic mass is 32.1. The van der Waals surface area contributed by atoms with Crippen molar-refractivity contribution in [2.75, 3.05) is 19.4 Å². The van der Waals surface area contributed by atoms with Crippen molar-refractivity contribution in [3.8, 4) is 0 Å². The molecule has 0 spiro atoms. The second-order valence-electron chi connectivity index (χ2n) is 6.13. The van der Waals surface area contributed by atoms with E-state index in [4.69, 9.17) is 4.74 Å². The van der Waals surface area contributed by atoms with Crippen LogP contribution in [0.15, 0.2) is 30.3 Å². The SMILES string of the molecule is COC(=O)[C@H](CC(C)C)NC(=O)[C@H](Cc1ccccc1)NCCS. The number of rotatable bonds is 10. The van der Waals surface area contributed by atoms with Gasteiger partial charge in [-0.2, -0.15) is 12.6 Å². The van der Waals surface area contributed by atoms with E-state index in [1.807, 2.05) is 44.2 Å². The van der Waals surface area contributed by atoms with Gasteiger partial charge < -0.3 is 15.4 Å². The maximum Gasteiger partial charge on any atom is 0.328 e. The minimum absolute atomic E-state index is 0.198. The molecular formula is C18H28N2O3S. The van der Waals surface area contributed by atoms with E-state index in [2.05, 4.69) is 23.3 Å². The Morgan fingerprint density at radius 3 is 2.38 bits per heavy atom. The molecule has 1 aromatic rings. The molecule has 2 N–H and O–H groups in total. The summed E-state index contributed by atoms with van der Waals surface area (Å²) in [5.41, 5.74) is 1.06. The highest BCUT2D eigenvalue weighted by Gasteiger charge is 2.26.